The number of halogens is 2. The summed E-state index contributed by atoms with van der Waals surface area (Å²) in [7, 11) is 1.52. The Balaban J connectivity index is 1.19. The number of pyridine rings is 1. The van der Waals surface area contributed by atoms with E-state index in [1.54, 1.807) is 18.3 Å². The van der Waals surface area contributed by atoms with E-state index in [1.807, 2.05) is 0 Å². The molecule has 186 valence electrons. The van der Waals surface area contributed by atoms with Crippen molar-refractivity contribution in [2.75, 3.05) is 26.8 Å². The molecule has 0 atom stereocenters. The average Bonchev–Trinajstić information content (AvgIpc) is 3.24. The van der Waals surface area contributed by atoms with Gasteiger partial charge in [-0.15, -0.1) is 0 Å². The molecule has 3 heterocycles. The molecule has 0 spiro atoms. The van der Waals surface area contributed by atoms with Crippen LogP contribution < -0.4 is 14.8 Å². The van der Waals surface area contributed by atoms with Crippen LogP contribution in [0.5, 0.6) is 11.1 Å². The normalized spacial score (nSPS) is 21.1. The van der Waals surface area contributed by atoms with Gasteiger partial charge in [0, 0.05) is 37.1 Å². The largest absolute Gasteiger partial charge is 0.480 e. The van der Waals surface area contributed by atoms with Gasteiger partial charge < -0.3 is 14.8 Å². The summed E-state index contributed by atoms with van der Waals surface area (Å²) in [4.78, 5) is 24.7. The first kappa shape index (κ1) is 24.8. The minimum atomic E-state index is -2.86. The Morgan fingerprint density at radius 3 is 2.85 bits per heavy atom. The number of nitrogens with one attached hydrogen (secondary N) is 1. The molecule has 0 unspecified atom stereocenters. The molecule has 2 aromatic rings. The maximum absolute atomic E-state index is 13.0. The van der Waals surface area contributed by atoms with E-state index in [4.69, 9.17) is 9.47 Å². The van der Waals surface area contributed by atoms with Crippen molar-refractivity contribution in [2.45, 2.75) is 64.0 Å². The van der Waals surface area contributed by atoms with Gasteiger partial charge in [-0.25, -0.2) is 18.7 Å². The molecule has 4 rings (SSSR count). The van der Waals surface area contributed by atoms with Gasteiger partial charge in [0.05, 0.1) is 12.8 Å². The smallest absolute Gasteiger partial charge is 0.278 e. The molecular formula is C24H32F2N4O3S. The van der Waals surface area contributed by atoms with E-state index in [9.17, 15) is 13.6 Å². The first-order chi connectivity index (χ1) is 16.3. The third kappa shape index (κ3) is 6.63. The van der Waals surface area contributed by atoms with E-state index in [-0.39, 0.29) is 11.9 Å². The number of nitrogens with zero attached hydrogens (tertiary/aromatic N) is 3. The second-order valence-corrected chi connectivity index (χ2v) is 10.3. The molecule has 1 aliphatic carbocycles. The molecule has 0 aromatic carbocycles. The predicted molar refractivity (Wildman–Crippen MR) is 126 cm³/mol. The number of carbonyl (C=O) groups is 1. The van der Waals surface area contributed by atoms with Crippen molar-refractivity contribution in [3.8, 4) is 11.1 Å². The zero-order valence-electron chi connectivity index (χ0n) is 19.7. The lowest BCUT2D eigenvalue weighted by Crippen LogP contribution is -2.38. The van der Waals surface area contributed by atoms with E-state index >= 15 is 0 Å². The molecule has 1 N–H and O–H groups in total. The van der Waals surface area contributed by atoms with Gasteiger partial charge in [0.15, 0.2) is 6.61 Å². The fraction of sp³-hybridized carbons (Fsp3) is 0.625. The van der Waals surface area contributed by atoms with Crippen molar-refractivity contribution < 1.29 is 23.0 Å². The van der Waals surface area contributed by atoms with Crippen LogP contribution in [0.4, 0.5) is 8.78 Å². The summed E-state index contributed by atoms with van der Waals surface area (Å²) in [5.74, 6) is -2.00. The van der Waals surface area contributed by atoms with E-state index < -0.39 is 12.5 Å². The molecule has 34 heavy (non-hydrogen) atoms. The Hall–Kier alpha value is -2.33. The predicted octanol–water partition coefficient (Wildman–Crippen LogP) is 4.32. The van der Waals surface area contributed by atoms with Crippen LogP contribution in [0.1, 0.15) is 60.0 Å². The minimum Gasteiger partial charge on any atom is -0.480 e. The standard InChI is InChI=1S/C24H32F2N4O3S/c1-24(25,26)15-33-23-29-19-14-30(13-10-20(19)34-23)12-9-16-5-7-17(8-6-16)28-21(31)18-4-3-11-27-22(18)32-2/h3-4,11,16-17H,5-10,12-15H2,1-2H3,(H,28,31)/t16-,17-. The average molecular weight is 495 g/mol. The molecule has 2 aliphatic rings. The number of ether oxygens (including phenoxy) is 2. The minimum absolute atomic E-state index is 0.133. The summed E-state index contributed by atoms with van der Waals surface area (Å²) in [5, 5.41) is 3.48. The lowest BCUT2D eigenvalue weighted by atomic mass is 9.84. The maximum Gasteiger partial charge on any atom is 0.278 e. The van der Waals surface area contributed by atoms with Gasteiger partial charge in [-0.2, -0.15) is 0 Å². The number of carbonyl (C=O) groups excluding carboxylic acids is 1. The lowest BCUT2D eigenvalue weighted by Gasteiger charge is -2.32. The van der Waals surface area contributed by atoms with Gasteiger partial charge in [-0.3, -0.25) is 9.69 Å². The van der Waals surface area contributed by atoms with Gasteiger partial charge in [-0.1, -0.05) is 11.3 Å². The summed E-state index contributed by atoms with van der Waals surface area (Å²) in [6.07, 6.45) is 7.73. The highest BCUT2D eigenvalue weighted by Crippen LogP contribution is 2.32. The van der Waals surface area contributed by atoms with E-state index in [1.165, 1.54) is 18.4 Å². The Labute approximate surface area is 202 Å². The second kappa shape index (κ2) is 10.9. The number of fused-ring (bicyclic) bond motifs is 1. The highest BCUT2D eigenvalue weighted by atomic mass is 32.1. The van der Waals surface area contributed by atoms with E-state index in [2.05, 4.69) is 20.2 Å². The Bertz CT molecular complexity index is 973. The molecular weight excluding hydrogens is 462 g/mol. The Kier molecular flexibility index (Phi) is 7.98. The van der Waals surface area contributed by atoms with Gasteiger partial charge >= 0.3 is 0 Å². The fourth-order valence-corrected chi connectivity index (χ4v) is 5.53. The van der Waals surface area contributed by atoms with Crippen molar-refractivity contribution >= 4 is 17.2 Å². The number of hydrogen-bond acceptors (Lipinski definition) is 7. The van der Waals surface area contributed by atoms with Crippen LogP contribution in [-0.4, -0.2) is 59.5 Å². The monoisotopic (exact) mass is 494 g/mol. The van der Waals surface area contributed by atoms with Crippen molar-refractivity contribution in [3.63, 3.8) is 0 Å². The lowest BCUT2D eigenvalue weighted by molar-refractivity contribution is -0.0230. The quantitative estimate of drug-likeness (QED) is 0.560. The molecule has 1 saturated carbocycles. The number of thiazole rings is 1. The fourth-order valence-electron chi connectivity index (χ4n) is 4.62. The molecule has 2 aromatic heterocycles. The summed E-state index contributed by atoms with van der Waals surface area (Å²) in [6.45, 7) is 2.91. The molecule has 7 nitrogen and oxygen atoms in total. The van der Waals surface area contributed by atoms with Crippen molar-refractivity contribution in [3.05, 3.63) is 34.5 Å². The SMILES string of the molecule is COc1ncccc1C(=O)N[C@H]1CC[C@H](CCN2CCc3sc(OCC(C)(F)F)nc3C2)CC1. The second-order valence-electron chi connectivity index (χ2n) is 9.27. The highest BCUT2D eigenvalue weighted by molar-refractivity contribution is 7.13. The summed E-state index contributed by atoms with van der Waals surface area (Å²) in [6, 6.07) is 3.64. The van der Waals surface area contributed by atoms with Crippen LogP contribution in [0.25, 0.3) is 0 Å². The number of amides is 1. The summed E-state index contributed by atoms with van der Waals surface area (Å²) < 4.78 is 36.5. The number of hydrogen-bond donors (Lipinski definition) is 1. The van der Waals surface area contributed by atoms with Crippen LogP contribution in [0, 0.1) is 5.92 Å². The van der Waals surface area contributed by atoms with E-state index in [0.717, 1.165) is 75.7 Å². The molecule has 0 radical (unpaired) electrons. The van der Waals surface area contributed by atoms with Gasteiger partial charge in [-0.05, 0) is 63.1 Å². The molecule has 1 amide bonds. The molecule has 0 bridgehead atoms. The number of alkyl halides is 2. The van der Waals surface area contributed by atoms with Crippen molar-refractivity contribution in [1.82, 2.24) is 20.2 Å². The highest BCUT2D eigenvalue weighted by Gasteiger charge is 2.27. The molecule has 0 saturated heterocycles. The Morgan fingerprint density at radius 1 is 1.32 bits per heavy atom. The van der Waals surface area contributed by atoms with Crippen LogP contribution in [0.2, 0.25) is 0 Å². The topological polar surface area (TPSA) is 76.6 Å². The number of aromatic nitrogens is 2. The molecule has 1 aliphatic heterocycles. The zero-order chi connectivity index (χ0) is 24.1. The van der Waals surface area contributed by atoms with Crippen molar-refractivity contribution in [1.29, 1.82) is 0 Å². The first-order valence-electron chi connectivity index (χ1n) is 11.8. The maximum atomic E-state index is 13.0. The number of rotatable bonds is 9. The third-order valence-electron chi connectivity index (χ3n) is 6.48. The van der Waals surface area contributed by atoms with Gasteiger partial charge in [0.1, 0.15) is 5.56 Å². The summed E-state index contributed by atoms with van der Waals surface area (Å²) in [5.41, 5.74) is 1.43. The van der Waals surface area contributed by atoms with Gasteiger partial charge in [0.2, 0.25) is 5.88 Å². The zero-order valence-corrected chi connectivity index (χ0v) is 20.5. The first-order valence-corrected chi connectivity index (χ1v) is 12.6. The molecule has 10 heteroatoms. The number of methoxy groups -OCH3 is 1. The van der Waals surface area contributed by atoms with E-state index in [0.29, 0.717) is 22.6 Å². The molecule has 1 fully saturated rings. The van der Waals surface area contributed by atoms with Crippen LogP contribution in [-0.2, 0) is 13.0 Å². The Morgan fingerprint density at radius 2 is 2.12 bits per heavy atom. The van der Waals surface area contributed by atoms with Crippen LogP contribution >= 0.6 is 11.3 Å². The van der Waals surface area contributed by atoms with Crippen molar-refractivity contribution in [2.24, 2.45) is 5.92 Å². The van der Waals surface area contributed by atoms with Gasteiger partial charge in [0.25, 0.3) is 17.0 Å². The summed E-state index contributed by atoms with van der Waals surface area (Å²) >= 11 is 1.39. The third-order valence-corrected chi connectivity index (χ3v) is 7.55. The van der Waals surface area contributed by atoms with Crippen LogP contribution in [0.15, 0.2) is 18.3 Å². The van der Waals surface area contributed by atoms with Crippen LogP contribution in [0.3, 0.4) is 0 Å².